The molecule has 0 saturated heterocycles. The summed E-state index contributed by atoms with van der Waals surface area (Å²) in [6.07, 6.45) is 4.87. The minimum absolute atomic E-state index is 0.0280. The van der Waals surface area contributed by atoms with Crippen LogP contribution in [0.15, 0.2) is 66.7 Å². The van der Waals surface area contributed by atoms with Crippen molar-refractivity contribution in [2.75, 3.05) is 18.5 Å². The first-order chi connectivity index (χ1) is 30.7. The van der Waals surface area contributed by atoms with Gasteiger partial charge in [-0.05, 0) is 150 Å². The number of hydrogen-bond acceptors (Lipinski definition) is 9. The molecule has 0 radical (unpaired) electrons. The Morgan fingerprint density at radius 3 is 2.12 bits per heavy atom. The smallest absolute Gasteiger partial charge is 0.407 e. The first-order valence-electron chi connectivity index (χ1n) is 22.1. The van der Waals surface area contributed by atoms with Crippen molar-refractivity contribution in [1.82, 2.24) is 25.8 Å². The van der Waals surface area contributed by atoms with Gasteiger partial charge >= 0.3 is 17.9 Å². The second-order valence-electron chi connectivity index (χ2n) is 18.4. The summed E-state index contributed by atoms with van der Waals surface area (Å²) < 4.78 is 61.4. The molecule has 1 atom stereocenters. The number of aliphatic hydroxyl groups is 2. The number of nitrogens with one attached hydrogen (secondary N) is 4. The van der Waals surface area contributed by atoms with Gasteiger partial charge in [-0.3, -0.25) is 19.5 Å². The predicted molar refractivity (Wildman–Crippen MR) is 235 cm³/mol. The van der Waals surface area contributed by atoms with Gasteiger partial charge in [0.15, 0.2) is 5.82 Å². The van der Waals surface area contributed by atoms with Crippen molar-refractivity contribution in [2.24, 2.45) is 17.8 Å². The number of alkyl carbamates (subject to hydrolysis) is 1. The number of amides is 3. The fraction of sp³-hybridized carbons (Fsp3) is 0.500. The predicted octanol–water partition coefficient (Wildman–Crippen LogP) is 8.29. The molecule has 2 aliphatic rings. The van der Waals surface area contributed by atoms with Gasteiger partial charge in [-0.15, -0.1) is 0 Å². The molecule has 2 fully saturated rings. The third-order valence-electron chi connectivity index (χ3n) is 12.2. The van der Waals surface area contributed by atoms with Crippen LogP contribution in [0.5, 0.6) is 0 Å². The molecule has 2 aliphatic carbocycles. The second kappa shape index (κ2) is 20.7. The Morgan fingerprint density at radius 2 is 1.51 bits per heavy atom. The summed E-state index contributed by atoms with van der Waals surface area (Å²) in [5.41, 5.74) is 3.98. The van der Waals surface area contributed by atoms with E-state index >= 15 is 0 Å². The highest BCUT2D eigenvalue weighted by molar-refractivity contribution is 5.96. The van der Waals surface area contributed by atoms with Gasteiger partial charge in [0.1, 0.15) is 18.0 Å². The number of ether oxygens (including phenoxy) is 1. The zero-order chi connectivity index (χ0) is 47.1. The first kappa shape index (κ1) is 48.8. The van der Waals surface area contributed by atoms with E-state index in [0.29, 0.717) is 43.5 Å². The normalized spacial score (nSPS) is 19.8. The van der Waals surface area contributed by atoms with Crippen molar-refractivity contribution < 1.29 is 51.7 Å². The van der Waals surface area contributed by atoms with Crippen molar-refractivity contribution in [3.63, 3.8) is 0 Å². The number of aromatic nitrogens is 3. The number of H-pyrrole nitrogens is 1. The molecular weight excluding hydrogens is 849 g/mol. The summed E-state index contributed by atoms with van der Waals surface area (Å²) in [5.74, 6) is -12.8. The first-order valence-corrected chi connectivity index (χ1v) is 22.1. The minimum Gasteiger partial charge on any atom is -0.444 e. The quantitative estimate of drug-likeness (QED) is 0.0600. The van der Waals surface area contributed by atoms with E-state index in [2.05, 4.69) is 26.0 Å². The van der Waals surface area contributed by atoms with Gasteiger partial charge in [0.25, 0.3) is 5.91 Å². The number of aromatic amines is 1. The van der Waals surface area contributed by atoms with Crippen molar-refractivity contribution in [1.29, 1.82) is 0 Å². The van der Waals surface area contributed by atoms with E-state index in [1.54, 1.807) is 26.8 Å². The van der Waals surface area contributed by atoms with Crippen molar-refractivity contribution in [3.8, 4) is 22.5 Å². The molecule has 6 N–H and O–H groups in total. The molecule has 13 nitrogen and oxygen atoms in total. The van der Waals surface area contributed by atoms with E-state index < -0.39 is 47.8 Å². The molecule has 3 aromatic carbocycles. The van der Waals surface area contributed by atoms with Crippen LogP contribution in [0.3, 0.4) is 0 Å². The minimum atomic E-state index is -4.81. The van der Waals surface area contributed by atoms with E-state index in [1.807, 2.05) is 48.4 Å². The molecule has 3 amide bonds. The number of nitrogens with zero attached hydrogens (tertiary/aromatic N) is 2. The lowest BCUT2D eigenvalue weighted by atomic mass is 9.77. The molecule has 1 aromatic heterocycles. The Balaban J connectivity index is 1.13. The topological polar surface area (TPSA) is 196 Å². The molecule has 2 saturated carbocycles. The third-order valence-corrected chi connectivity index (χ3v) is 12.2. The molecule has 1 heterocycles. The molecule has 17 heteroatoms. The average molecular weight is 907 g/mol. The van der Waals surface area contributed by atoms with Gasteiger partial charge in [-0.2, -0.15) is 22.7 Å². The number of halogens is 4. The summed E-state index contributed by atoms with van der Waals surface area (Å²) >= 11 is 0. The summed E-state index contributed by atoms with van der Waals surface area (Å²) in [4.78, 5) is 56.6. The maximum atomic E-state index is 14.3. The Bertz CT molecular complexity index is 2280. The van der Waals surface area contributed by atoms with Gasteiger partial charge < -0.3 is 30.9 Å². The number of carbonyl (C=O) groups is 4. The van der Waals surface area contributed by atoms with Crippen LogP contribution in [0.4, 0.5) is 28.0 Å². The van der Waals surface area contributed by atoms with E-state index in [1.165, 1.54) is 24.3 Å². The summed E-state index contributed by atoms with van der Waals surface area (Å²) in [7, 11) is 0. The van der Waals surface area contributed by atoms with Crippen molar-refractivity contribution >= 4 is 29.4 Å². The maximum Gasteiger partial charge on any atom is 0.407 e. The Kier molecular flexibility index (Phi) is 15.5. The summed E-state index contributed by atoms with van der Waals surface area (Å²) in [6, 6.07) is 19.0. The summed E-state index contributed by atoms with van der Waals surface area (Å²) in [5, 5.41) is 32.8. The van der Waals surface area contributed by atoms with Crippen molar-refractivity contribution in [3.05, 3.63) is 89.2 Å². The number of anilines is 1. The lowest BCUT2D eigenvalue weighted by Gasteiger charge is -2.29. The fourth-order valence-electron chi connectivity index (χ4n) is 8.37. The Morgan fingerprint density at radius 1 is 0.862 bits per heavy atom. The van der Waals surface area contributed by atoms with Crippen LogP contribution in [0.1, 0.15) is 106 Å². The van der Waals surface area contributed by atoms with Crippen LogP contribution in [-0.4, -0.2) is 85.9 Å². The van der Waals surface area contributed by atoms with Crippen molar-refractivity contribution in [2.45, 2.75) is 121 Å². The van der Waals surface area contributed by atoms with E-state index in [4.69, 9.17) is 9.84 Å². The molecule has 65 heavy (non-hydrogen) atoms. The number of alkyl halides is 4. The molecule has 0 bridgehead atoms. The number of aliphatic hydroxyl groups excluding tert-OH is 2. The van der Waals surface area contributed by atoms with Gasteiger partial charge in [-0.1, -0.05) is 30.3 Å². The molecule has 4 aromatic rings. The second-order valence-corrected chi connectivity index (χ2v) is 18.4. The Labute approximate surface area is 375 Å². The number of hydrogen-bond donors (Lipinski definition) is 6. The third kappa shape index (κ3) is 12.8. The van der Waals surface area contributed by atoms with Gasteiger partial charge in [0.05, 0.1) is 6.10 Å². The van der Waals surface area contributed by atoms with Crippen LogP contribution in [-0.2, 0) is 26.7 Å². The van der Waals surface area contributed by atoms with E-state index in [-0.39, 0.29) is 59.9 Å². The van der Waals surface area contributed by atoms with E-state index in [0.717, 1.165) is 47.9 Å². The zero-order valence-electron chi connectivity index (χ0n) is 37.1. The average Bonchev–Trinajstić information content (AvgIpc) is 3.78. The highest BCUT2D eigenvalue weighted by Gasteiger charge is 2.59. The van der Waals surface area contributed by atoms with Crippen LogP contribution in [0, 0.1) is 24.7 Å². The molecule has 6 rings (SSSR count). The summed E-state index contributed by atoms with van der Waals surface area (Å²) in [6.45, 7) is 5.65. The van der Waals surface area contributed by atoms with E-state index in [9.17, 15) is 41.8 Å². The number of benzene rings is 3. The molecular formula is C48H58F4N6O7. The van der Waals surface area contributed by atoms with Gasteiger partial charge in [0.2, 0.25) is 11.7 Å². The zero-order valence-corrected chi connectivity index (χ0v) is 37.1. The maximum absolute atomic E-state index is 14.3. The highest BCUT2D eigenvalue weighted by atomic mass is 19.3. The lowest BCUT2D eigenvalue weighted by Crippen LogP contribution is -2.42. The molecule has 0 aliphatic heterocycles. The standard InChI is InChI=1S/C48H58F4N6O7/c1-28-23-34(42(62)54-37-18-20-38(60)21-19-37)15-22-39(28)31-9-5-29(6-10-31)24-35(25-40(61)32-11-7-30(8-12-32)26-53-45(64)65-46(2,3)4)43(63)55-36-16-13-33(14-17-36)41-56-44(58-57-41)48(51,52)47(49,50)27-59/h5-6,9-10,13-17,22-23,30,32,35,37-38,59-60H,7-8,11-12,18-21,24-27H2,1-4H3,(H,53,64)(H,54,62)(H,55,63)(H,56,57,58)/t30?,32?,35-,37?,38?/m1/s1. The molecule has 350 valence electrons. The van der Waals surface area contributed by atoms with Crippen LogP contribution in [0.2, 0.25) is 0 Å². The SMILES string of the molecule is Cc1cc(C(=O)NC2CCC(O)CC2)ccc1-c1ccc(C[C@H](CC(=O)C2CCC(CNC(=O)OC(C)(C)C)CC2)C(=O)Nc2ccc(-c3n[nH]c(C(F)(F)C(F)(F)CO)n3)cc2)cc1. The van der Waals surface area contributed by atoms with Gasteiger partial charge in [0, 0.05) is 47.7 Å². The lowest BCUT2D eigenvalue weighted by molar-refractivity contribution is -0.236. The number of ketones is 1. The monoisotopic (exact) mass is 906 g/mol. The number of carbonyl (C=O) groups excluding carboxylic acids is 4. The van der Waals surface area contributed by atoms with Gasteiger partial charge in [-0.25, -0.2) is 9.78 Å². The van der Waals surface area contributed by atoms with Crippen LogP contribution in [0.25, 0.3) is 22.5 Å². The Hall–Kier alpha value is -5.68. The van der Waals surface area contributed by atoms with Crippen LogP contribution < -0.4 is 16.0 Å². The fourth-order valence-corrected chi connectivity index (χ4v) is 8.37. The molecule has 0 spiro atoms. The largest absolute Gasteiger partial charge is 0.444 e. The highest BCUT2D eigenvalue weighted by Crippen LogP contribution is 2.41. The van der Waals surface area contributed by atoms with Crippen LogP contribution >= 0.6 is 0 Å². The number of rotatable bonds is 16. The number of aryl methyl sites for hydroxylation is 1. The molecule has 0 unspecified atom stereocenters. The number of Topliss-reactive ketones (excluding diaryl/α,β-unsaturated/α-hetero) is 1.